The maximum Gasteiger partial charge on any atom is 0.261 e. The summed E-state index contributed by atoms with van der Waals surface area (Å²) in [5.74, 6) is -0.580. The van der Waals surface area contributed by atoms with Crippen LogP contribution in [0.1, 0.15) is 27.0 Å². The van der Waals surface area contributed by atoms with E-state index in [1.165, 1.54) is 4.90 Å². The molecular formula is C24H17Cl2NO2. The van der Waals surface area contributed by atoms with Crippen LogP contribution in [0.4, 0.5) is 0 Å². The van der Waals surface area contributed by atoms with Gasteiger partial charge in [0.1, 0.15) is 0 Å². The maximum atomic E-state index is 13.3. The lowest BCUT2D eigenvalue weighted by Gasteiger charge is -2.28. The molecule has 3 aromatic rings. The average molecular weight is 422 g/mol. The fourth-order valence-corrected chi connectivity index (χ4v) is 3.71. The van der Waals surface area contributed by atoms with Crippen LogP contribution in [0.3, 0.4) is 0 Å². The number of nitrogens with zero attached hydrogens (tertiary/aromatic N) is 1. The summed E-state index contributed by atoms with van der Waals surface area (Å²) in [4.78, 5) is 27.6. The van der Waals surface area contributed by atoms with Gasteiger partial charge in [-0.15, -0.1) is 0 Å². The Bertz CT molecular complexity index is 1120. The molecule has 0 saturated carbocycles. The number of imide groups is 1. The molecule has 3 aromatic carbocycles. The summed E-state index contributed by atoms with van der Waals surface area (Å²) < 4.78 is 0. The van der Waals surface area contributed by atoms with Crippen molar-refractivity contribution in [2.75, 3.05) is 6.54 Å². The number of fused-ring (bicyclic) bond motifs is 1. The third-order valence-corrected chi connectivity index (χ3v) is 5.63. The number of halogens is 2. The molecule has 0 saturated heterocycles. The second kappa shape index (κ2) is 8.24. The number of carbonyl (C=O) groups excluding carboxylic acids is 2. The number of hydrogen-bond donors (Lipinski definition) is 0. The molecular weight excluding hydrogens is 405 g/mol. The van der Waals surface area contributed by atoms with E-state index in [0.717, 1.165) is 11.1 Å². The molecule has 0 aliphatic carbocycles. The molecule has 4 rings (SSSR count). The SMILES string of the molecule is O=C1C(=Cc2ccc(Cl)c(Cl)c2)c2ccccc2C(=O)N1CCc1ccccc1. The molecule has 144 valence electrons. The minimum atomic E-state index is -0.310. The number of hydrogen-bond acceptors (Lipinski definition) is 2. The van der Waals surface area contributed by atoms with Crippen molar-refractivity contribution in [3.8, 4) is 0 Å². The van der Waals surface area contributed by atoms with Crippen molar-refractivity contribution in [3.05, 3.63) is 105 Å². The van der Waals surface area contributed by atoms with E-state index in [-0.39, 0.29) is 11.8 Å². The molecule has 1 aliphatic heterocycles. The largest absolute Gasteiger partial charge is 0.274 e. The van der Waals surface area contributed by atoms with Gasteiger partial charge in [-0.1, -0.05) is 77.8 Å². The fraction of sp³-hybridized carbons (Fsp3) is 0.0833. The van der Waals surface area contributed by atoms with E-state index < -0.39 is 0 Å². The Morgan fingerprint density at radius 2 is 1.45 bits per heavy atom. The van der Waals surface area contributed by atoms with E-state index in [0.29, 0.717) is 39.7 Å². The zero-order chi connectivity index (χ0) is 20.4. The zero-order valence-corrected chi connectivity index (χ0v) is 17.0. The topological polar surface area (TPSA) is 37.4 Å². The highest BCUT2D eigenvalue weighted by Crippen LogP contribution is 2.32. The lowest BCUT2D eigenvalue weighted by molar-refractivity contribution is -0.122. The van der Waals surface area contributed by atoms with Gasteiger partial charge in [0.2, 0.25) is 0 Å². The highest BCUT2D eigenvalue weighted by Gasteiger charge is 2.34. The van der Waals surface area contributed by atoms with Gasteiger partial charge in [-0.2, -0.15) is 0 Å². The minimum absolute atomic E-state index is 0.271. The summed E-state index contributed by atoms with van der Waals surface area (Å²) in [6.45, 7) is 0.314. The highest BCUT2D eigenvalue weighted by atomic mass is 35.5. The van der Waals surface area contributed by atoms with Gasteiger partial charge in [-0.05, 0) is 47.4 Å². The first kappa shape index (κ1) is 19.4. The third-order valence-electron chi connectivity index (χ3n) is 4.89. The van der Waals surface area contributed by atoms with Crippen molar-refractivity contribution in [1.29, 1.82) is 0 Å². The molecule has 0 spiro atoms. The molecule has 0 bridgehead atoms. The lowest BCUT2D eigenvalue weighted by Crippen LogP contribution is -2.42. The lowest BCUT2D eigenvalue weighted by atomic mass is 9.92. The van der Waals surface area contributed by atoms with Crippen LogP contribution in [-0.4, -0.2) is 23.3 Å². The first-order chi connectivity index (χ1) is 14.0. The smallest absolute Gasteiger partial charge is 0.261 e. The Balaban J connectivity index is 1.72. The fourth-order valence-electron chi connectivity index (χ4n) is 3.40. The minimum Gasteiger partial charge on any atom is -0.274 e. The molecule has 5 heteroatoms. The van der Waals surface area contributed by atoms with E-state index >= 15 is 0 Å². The number of rotatable bonds is 4. The molecule has 2 amide bonds. The van der Waals surface area contributed by atoms with Gasteiger partial charge in [0.25, 0.3) is 11.8 Å². The van der Waals surface area contributed by atoms with E-state index in [4.69, 9.17) is 23.2 Å². The van der Waals surface area contributed by atoms with Gasteiger partial charge in [0.15, 0.2) is 0 Å². The molecule has 1 aliphatic rings. The second-order valence-corrected chi connectivity index (χ2v) is 7.59. The Kier molecular flexibility index (Phi) is 5.52. The van der Waals surface area contributed by atoms with Crippen LogP contribution in [0.5, 0.6) is 0 Å². The molecule has 0 fully saturated rings. The Morgan fingerprint density at radius 3 is 2.17 bits per heavy atom. The van der Waals surface area contributed by atoms with E-state index in [9.17, 15) is 9.59 Å². The van der Waals surface area contributed by atoms with Crippen molar-refractivity contribution in [2.24, 2.45) is 0 Å². The van der Waals surface area contributed by atoms with Gasteiger partial charge >= 0.3 is 0 Å². The summed E-state index contributed by atoms with van der Waals surface area (Å²) in [7, 11) is 0. The van der Waals surface area contributed by atoms with E-state index in [1.807, 2.05) is 36.4 Å². The normalized spacial score (nSPS) is 15.0. The van der Waals surface area contributed by atoms with Crippen LogP contribution in [-0.2, 0) is 11.2 Å². The molecule has 3 nitrogen and oxygen atoms in total. The summed E-state index contributed by atoms with van der Waals surface area (Å²) in [5, 5.41) is 0.860. The summed E-state index contributed by atoms with van der Waals surface area (Å²) in [5.41, 5.74) is 3.43. The summed E-state index contributed by atoms with van der Waals surface area (Å²) in [6.07, 6.45) is 2.35. The van der Waals surface area contributed by atoms with Crippen LogP contribution in [0, 0.1) is 0 Å². The summed E-state index contributed by atoms with van der Waals surface area (Å²) >= 11 is 12.1. The quantitative estimate of drug-likeness (QED) is 0.396. The van der Waals surface area contributed by atoms with Crippen LogP contribution < -0.4 is 0 Å². The van der Waals surface area contributed by atoms with Crippen molar-refractivity contribution in [1.82, 2.24) is 4.90 Å². The average Bonchev–Trinajstić information content (AvgIpc) is 2.74. The van der Waals surface area contributed by atoms with Gasteiger partial charge in [0, 0.05) is 17.7 Å². The highest BCUT2D eigenvalue weighted by molar-refractivity contribution is 6.42. The molecule has 29 heavy (non-hydrogen) atoms. The Morgan fingerprint density at radius 1 is 0.759 bits per heavy atom. The van der Waals surface area contributed by atoms with Crippen LogP contribution in [0.25, 0.3) is 11.6 Å². The molecule has 0 unspecified atom stereocenters. The van der Waals surface area contributed by atoms with Crippen molar-refractivity contribution in [2.45, 2.75) is 6.42 Å². The van der Waals surface area contributed by atoms with Gasteiger partial charge in [-0.3, -0.25) is 14.5 Å². The first-order valence-electron chi connectivity index (χ1n) is 9.21. The predicted octanol–water partition coefficient (Wildman–Crippen LogP) is 5.76. The van der Waals surface area contributed by atoms with Crippen molar-refractivity contribution in [3.63, 3.8) is 0 Å². The van der Waals surface area contributed by atoms with E-state index in [2.05, 4.69) is 0 Å². The maximum absolute atomic E-state index is 13.3. The Labute approximate surface area is 179 Å². The van der Waals surface area contributed by atoms with Gasteiger partial charge in [0.05, 0.1) is 10.0 Å². The number of amides is 2. The Hall–Kier alpha value is -2.88. The van der Waals surface area contributed by atoms with Crippen molar-refractivity contribution < 1.29 is 9.59 Å². The second-order valence-electron chi connectivity index (χ2n) is 6.77. The first-order valence-corrected chi connectivity index (χ1v) is 9.96. The van der Waals surface area contributed by atoms with Crippen LogP contribution >= 0.6 is 23.2 Å². The van der Waals surface area contributed by atoms with Gasteiger partial charge in [-0.25, -0.2) is 0 Å². The van der Waals surface area contributed by atoms with E-state index in [1.54, 1.807) is 42.5 Å². The van der Waals surface area contributed by atoms with Crippen molar-refractivity contribution >= 4 is 46.7 Å². The number of benzene rings is 3. The van der Waals surface area contributed by atoms with Crippen LogP contribution in [0.2, 0.25) is 10.0 Å². The van der Waals surface area contributed by atoms with Crippen LogP contribution in [0.15, 0.2) is 72.8 Å². The molecule has 1 heterocycles. The monoisotopic (exact) mass is 421 g/mol. The standard InChI is InChI=1S/C24H17Cl2NO2/c25-21-11-10-17(15-22(21)26)14-20-18-8-4-5-9-19(18)23(28)27(24(20)29)13-12-16-6-2-1-3-7-16/h1-11,14-15H,12-13H2. The molecule has 0 N–H and O–H groups in total. The molecule has 0 aromatic heterocycles. The third kappa shape index (κ3) is 3.98. The summed E-state index contributed by atoms with van der Waals surface area (Å²) in [6, 6.07) is 22.2. The number of carbonyl (C=O) groups is 2. The molecule has 0 radical (unpaired) electrons. The van der Waals surface area contributed by atoms with Gasteiger partial charge < -0.3 is 0 Å². The zero-order valence-electron chi connectivity index (χ0n) is 15.4. The predicted molar refractivity (Wildman–Crippen MR) is 117 cm³/mol. The molecule has 0 atom stereocenters.